The fraction of sp³-hybridized carbons (Fsp3) is 0.375. The summed E-state index contributed by atoms with van der Waals surface area (Å²) >= 11 is 0. The zero-order valence-electron chi connectivity index (χ0n) is 18.1. The topological polar surface area (TPSA) is 96.4 Å². The quantitative estimate of drug-likeness (QED) is 0.656. The number of carbonyl (C=O) groups excluding carboxylic acids is 2. The lowest BCUT2D eigenvalue weighted by atomic mass is 9.88. The average molecular weight is 440 g/mol. The van der Waals surface area contributed by atoms with Gasteiger partial charge in [0.15, 0.2) is 0 Å². The molecule has 1 heterocycles. The summed E-state index contributed by atoms with van der Waals surface area (Å²) in [7, 11) is 0. The summed E-state index contributed by atoms with van der Waals surface area (Å²) in [6.45, 7) is 2.30. The van der Waals surface area contributed by atoms with E-state index in [2.05, 4.69) is 0 Å². The van der Waals surface area contributed by atoms with Crippen LogP contribution in [-0.4, -0.2) is 58.2 Å². The van der Waals surface area contributed by atoms with E-state index in [0.717, 1.165) is 11.1 Å². The number of carbonyl (C=O) groups is 3. The predicted molar refractivity (Wildman–Crippen MR) is 117 cm³/mol. The van der Waals surface area contributed by atoms with Crippen molar-refractivity contribution in [2.24, 2.45) is 0 Å². The molecule has 0 aliphatic carbocycles. The zero-order chi connectivity index (χ0) is 23.0. The zero-order valence-corrected chi connectivity index (χ0v) is 18.1. The first-order valence-electron chi connectivity index (χ1n) is 10.5. The van der Waals surface area contributed by atoms with Gasteiger partial charge in [0.2, 0.25) is 0 Å². The minimum Gasteiger partial charge on any atom is -0.465 e. The molecule has 1 saturated heterocycles. The van der Waals surface area contributed by atoms with Crippen LogP contribution in [0.2, 0.25) is 0 Å². The molecule has 3 rings (SSSR count). The van der Waals surface area contributed by atoms with E-state index in [1.165, 1.54) is 9.80 Å². The highest BCUT2D eigenvalue weighted by Gasteiger charge is 2.41. The summed E-state index contributed by atoms with van der Waals surface area (Å²) < 4.78 is 10.9. The van der Waals surface area contributed by atoms with Crippen LogP contribution in [-0.2, 0) is 27.5 Å². The first kappa shape index (κ1) is 23.1. The van der Waals surface area contributed by atoms with Gasteiger partial charge in [-0.15, -0.1) is 0 Å². The molecule has 170 valence electrons. The standard InChI is InChI=1S/C24H28N2O6/c1-24(12-14-25(15-13-24)22(28)29)26(23(30)32-18-20-10-6-3-7-11-20)16-21(27)31-17-19-8-4-2-5-9-19/h2-11H,12-18H2,1H3,(H,28,29). The molecule has 2 aromatic carbocycles. The van der Waals surface area contributed by atoms with Gasteiger partial charge < -0.3 is 19.5 Å². The lowest BCUT2D eigenvalue weighted by molar-refractivity contribution is -0.147. The van der Waals surface area contributed by atoms with Crippen molar-refractivity contribution in [3.63, 3.8) is 0 Å². The highest BCUT2D eigenvalue weighted by molar-refractivity contribution is 5.79. The van der Waals surface area contributed by atoms with Crippen LogP contribution < -0.4 is 0 Å². The van der Waals surface area contributed by atoms with Crippen molar-refractivity contribution >= 4 is 18.2 Å². The Balaban J connectivity index is 1.67. The van der Waals surface area contributed by atoms with Gasteiger partial charge >= 0.3 is 18.2 Å². The highest BCUT2D eigenvalue weighted by atomic mass is 16.6. The summed E-state index contributed by atoms with van der Waals surface area (Å²) in [6.07, 6.45) is -0.832. The maximum absolute atomic E-state index is 13.0. The third-order valence-electron chi connectivity index (χ3n) is 5.72. The Morgan fingerprint density at radius 1 is 0.906 bits per heavy atom. The van der Waals surface area contributed by atoms with Gasteiger partial charge in [0, 0.05) is 18.6 Å². The number of likely N-dealkylation sites (tertiary alicyclic amines) is 1. The number of esters is 1. The Morgan fingerprint density at radius 2 is 1.41 bits per heavy atom. The summed E-state index contributed by atoms with van der Waals surface area (Å²) in [4.78, 5) is 39.6. The third kappa shape index (κ3) is 6.23. The summed E-state index contributed by atoms with van der Waals surface area (Å²) in [5, 5.41) is 9.24. The number of piperidine rings is 1. The van der Waals surface area contributed by atoms with Crippen molar-refractivity contribution in [3.8, 4) is 0 Å². The lowest BCUT2D eigenvalue weighted by Gasteiger charge is -2.45. The molecule has 2 aromatic rings. The molecule has 8 nitrogen and oxygen atoms in total. The summed E-state index contributed by atoms with van der Waals surface area (Å²) in [6, 6.07) is 18.6. The second-order valence-corrected chi connectivity index (χ2v) is 8.04. The van der Waals surface area contributed by atoms with Crippen molar-refractivity contribution in [2.45, 2.75) is 38.5 Å². The first-order chi connectivity index (χ1) is 15.4. The van der Waals surface area contributed by atoms with Crippen molar-refractivity contribution in [1.82, 2.24) is 9.80 Å². The van der Waals surface area contributed by atoms with Crippen molar-refractivity contribution in [3.05, 3.63) is 71.8 Å². The minimum atomic E-state index is -0.993. The summed E-state index contributed by atoms with van der Waals surface area (Å²) in [5.41, 5.74) is 0.948. The highest BCUT2D eigenvalue weighted by Crippen LogP contribution is 2.29. The Labute approximate surface area is 187 Å². The average Bonchev–Trinajstić information content (AvgIpc) is 2.81. The van der Waals surface area contributed by atoms with Gasteiger partial charge in [-0.1, -0.05) is 60.7 Å². The van der Waals surface area contributed by atoms with Gasteiger partial charge in [-0.05, 0) is 30.9 Å². The van der Waals surface area contributed by atoms with E-state index in [1.807, 2.05) is 67.6 Å². The van der Waals surface area contributed by atoms with Crippen molar-refractivity contribution in [2.75, 3.05) is 19.6 Å². The van der Waals surface area contributed by atoms with Crippen LogP contribution in [0.15, 0.2) is 60.7 Å². The summed E-state index contributed by atoms with van der Waals surface area (Å²) in [5.74, 6) is -0.549. The van der Waals surface area contributed by atoms with Crippen LogP contribution in [0.5, 0.6) is 0 Å². The van der Waals surface area contributed by atoms with Gasteiger partial charge in [0.25, 0.3) is 0 Å². The Bertz CT molecular complexity index is 911. The second kappa shape index (κ2) is 10.7. The van der Waals surface area contributed by atoms with E-state index in [0.29, 0.717) is 12.8 Å². The SMILES string of the molecule is CC1(N(CC(=O)OCc2ccccc2)C(=O)OCc2ccccc2)CCN(C(=O)O)CC1. The fourth-order valence-electron chi connectivity index (χ4n) is 3.64. The van der Waals surface area contributed by atoms with Crippen LogP contribution in [0.3, 0.4) is 0 Å². The number of hydrogen-bond acceptors (Lipinski definition) is 5. The Hall–Kier alpha value is -3.55. The van der Waals surface area contributed by atoms with E-state index in [-0.39, 0.29) is 32.8 Å². The smallest absolute Gasteiger partial charge is 0.411 e. The maximum atomic E-state index is 13.0. The molecule has 1 N–H and O–H groups in total. The largest absolute Gasteiger partial charge is 0.465 e. The number of amides is 2. The third-order valence-corrected chi connectivity index (χ3v) is 5.72. The molecule has 0 spiro atoms. The van der Waals surface area contributed by atoms with E-state index >= 15 is 0 Å². The molecule has 32 heavy (non-hydrogen) atoms. The molecule has 1 aliphatic rings. The number of hydrogen-bond donors (Lipinski definition) is 1. The molecule has 0 saturated carbocycles. The van der Waals surface area contributed by atoms with Gasteiger partial charge in [0.05, 0.1) is 0 Å². The van der Waals surface area contributed by atoms with Gasteiger partial charge in [-0.2, -0.15) is 0 Å². The lowest BCUT2D eigenvalue weighted by Crippen LogP contribution is -2.57. The number of benzene rings is 2. The Kier molecular flexibility index (Phi) is 7.70. The molecule has 1 aliphatic heterocycles. The maximum Gasteiger partial charge on any atom is 0.411 e. The van der Waals surface area contributed by atoms with E-state index in [9.17, 15) is 19.5 Å². The van der Waals surface area contributed by atoms with Crippen LogP contribution >= 0.6 is 0 Å². The minimum absolute atomic E-state index is 0.0760. The number of nitrogens with zero attached hydrogens (tertiary/aromatic N) is 2. The first-order valence-corrected chi connectivity index (χ1v) is 10.5. The van der Waals surface area contributed by atoms with Crippen LogP contribution in [0.4, 0.5) is 9.59 Å². The predicted octanol–water partition coefficient (Wildman–Crippen LogP) is 3.90. The van der Waals surface area contributed by atoms with Crippen LogP contribution in [0, 0.1) is 0 Å². The normalized spacial score (nSPS) is 15.0. The molecule has 0 radical (unpaired) electrons. The number of rotatable bonds is 7. The van der Waals surface area contributed by atoms with Gasteiger partial charge in [-0.3, -0.25) is 9.69 Å². The molecular formula is C24H28N2O6. The van der Waals surface area contributed by atoms with Crippen LogP contribution in [0.1, 0.15) is 30.9 Å². The molecule has 0 bridgehead atoms. The second-order valence-electron chi connectivity index (χ2n) is 8.04. The molecule has 2 amide bonds. The van der Waals surface area contributed by atoms with E-state index in [4.69, 9.17) is 9.47 Å². The number of carboxylic acid groups (broad SMARTS) is 1. The van der Waals surface area contributed by atoms with E-state index < -0.39 is 23.7 Å². The monoisotopic (exact) mass is 440 g/mol. The molecule has 0 unspecified atom stereocenters. The van der Waals surface area contributed by atoms with Crippen LogP contribution in [0.25, 0.3) is 0 Å². The van der Waals surface area contributed by atoms with Crippen molar-refractivity contribution < 1.29 is 29.0 Å². The molecule has 8 heteroatoms. The van der Waals surface area contributed by atoms with E-state index in [1.54, 1.807) is 0 Å². The Morgan fingerprint density at radius 3 is 1.91 bits per heavy atom. The fourth-order valence-corrected chi connectivity index (χ4v) is 3.64. The van der Waals surface area contributed by atoms with Crippen molar-refractivity contribution in [1.29, 1.82) is 0 Å². The molecule has 0 aromatic heterocycles. The molecule has 0 atom stereocenters. The van der Waals surface area contributed by atoms with Gasteiger partial charge in [-0.25, -0.2) is 9.59 Å². The molecule has 1 fully saturated rings. The van der Waals surface area contributed by atoms with Gasteiger partial charge in [0.1, 0.15) is 19.8 Å². The number of ether oxygens (including phenoxy) is 2. The molecular weight excluding hydrogens is 412 g/mol.